The van der Waals surface area contributed by atoms with Gasteiger partial charge in [0.15, 0.2) is 5.78 Å². The third-order valence-corrected chi connectivity index (χ3v) is 10.6. The van der Waals surface area contributed by atoms with Gasteiger partial charge in [0.05, 0.1) is 25.7 Å². The highest BCUT2D eigenvalue weighted by molar-refractivity contribution is 6.00. The Hall–Kier alpha value is -2.68. The Morgan fingerprint density at radius 1 is 1.22 bits per heavy atom. The van der Waals surface area contributed by atoms with Crippen LogP contribution in [0.2, 0.25) is 0 Å². The van der Waals surface area contributed by atoms with E-state index in [0.717, 1.165) is 16.7 Å². The van der Waals surface area contributed by atoms with E-state index >= 15 is 0 Å². The second-order valence-electron chi connectivity index (χ2n) is 12.0. The summed E-state index contributed by atoms with van der Waals surface area (Å²) in [4.78, 5) is 27.4. The van der Waals surface area contributed by atoms with E-state index in [4.69, 9.17) is 9.47 Å². The molecule has 37 heavy (non-hydrogen) atoms. The van der Waals surface area contributed by atoms with Gasteiger partial charge in [-0.1, -0.05) is 25.2 Å². The lowest BCUT2D eigenvalue weighted by Crippen LogP contribution is -2.73. The summed E-state index contributed by atoms with van der Waals surface area (Å²) in [6.45, 7) is 6.21. The Morgan fingerprint density at radius 3 is 2.68 bits per heavy atom. The van der Waals surface area contributed by atoms with Gasteiger partial charge in [0.25, 0.3) is 0 Å². The van der Waals surface area contributed by atoms with Gasteiger partial charge in [-0.05, 0) is 61.1 Å². The lowest BCUT2D eigenvalue weighted by atomic mass is 9.45. The van der Waals surface area contributed by atoms with Crippen LogP contribution < -0.4 is 14.8 Å². The van der Waals surface area contributed by atoms with Crippen LogP contribution in [0.1, 0.15) is 44.6 Å². The molecule has 0 heterocycles. The van der Waals surface area contributed by atoms with Crippen LogP contribution >= 0.6 is 0 Å². The molecule has 4 N–H and O–H groups in total. The third-order valence-electron chi connectivity index (χ3n) is 10.6. The van der Waals surface area contributed by atoms with Gasteiger partial charge in [-0.25, -0.2) is 0 Å². The smallest absolute Gasteiger partial charge is 0.228 e. The predicted molar refractivity (Wildman–Crippen MR) is 133 cm³/mol. The number of fused-ring (bicyclic) bond motifs is 5. The number of Topliss-reactive ketones (excluding diaryl/α,β-unsaturated/α-hetero) is 1. The van der Waals surface area contributed by atoms with Crippen LogP contribution in [-0.2, 0) is 16.1 Å². The molecule has 1 aromatic carbocycles. The fraction of sp³-hybridized carbons (Fsp3) is 0.586. The van der Waals surface area contributed by atoms with E-state index in [2.05, 4.69) is 11.9 Å². The number of nitrogens with one attached hydrogen (secondary N) is 1. The average Bonchev–Trinajstić information content (AvgIpc) is 3.27. The molecule has 4 saturated carbocycles. The highest BCUT2D eigenvalue weighted by Crippen LogP contribution is 2.76. The highest BCUT2D eigenvalue weighted by Gasteiger charge is 2.79. The molecule has 1 amide bonds. The summed E-state index contributed by atoms with van der Waals surface area (Å²) >= 11 is 0. The lowest BCUT2D eigenvalue weighted by molar-refractivity contribution is -0.278. The zero-order valence-electron chi connectivity index (χ0n) is 21.5. The molecule has 1 aromatic rings. The van der Waals surface area contributed by atoms with Crippen LogP contribution in [0.25, 0.3) is 0 Å². The van der Waals surface area contributed by atoms with Crippen molar-refractivity contribution in [1.82, 2.24) is 5.32 Å². The van der Waals surface area contributed by atoms with Crippen LogP contribution in [0.3, 0.4) is 0 Å². The van der Waals surface area contributed by atoms with Crippen LogP contribution in [0.15, 0.2) is 42.0 Å². The summed E-state index contributed by atoms with van der Waals surface area (Å²) < 4.78 is 10.8. The third kappa shape index (κ3) is 2.95. The zero-order chi connectivity index (χ0) is 26.5. The molecular formula is C29H35NO7. The number of benzene rings is 1. The standard InChI is InChI=1S/C29H35NO7/c1-15-12-27-14-28(15,33)10-9-19(27)18-7-8-21-26(2,25(32)29(21,34)35)22(18)23(27)24(31)30-13-16-5-6-17(36-3)11-20(16)37-4/h5-7,11,19,21-23,33-35H,1,8-10,12-14H2,2-4H3,(H,30,31)/t19?,21-,22?,23+,26+,27-,28-/m0/s1. The van der Waals surface area contributed by atoms with E-state index in [1.54, 1.807) is 33.3 Å². The van der Waals surface area contributed by atoms with E-state index < -0.39 is 45.8 Å². The van der Waals surface area contributed by atoms with Crippen LogP contribution in [0, 0.1) is 34.5 Å². The molecule has 0 radical (unpaired) electrons. The summed E-state index contributed by atoms with van der Waals surface area (Å²) in [6, 6.07) is 5.41. The summed E-state index contributed by atoms with van der Waals surface area (Å²) in [7, 11) is 3.14. The predicted octanol–water partition coefficient (Wildman–Crippen LogP) is 2.26. The molecule has 198 valence electrons. The Kier molecular flexibility index (Phi) is 5.12. The van der Waals surface area contributed by atoms with Crippen molar-refractivity contribution >= 4 is 11.7 Å². The first-order valence-electron chi connectivity index (χ1n) is 13.0. The van der Waals surface area contributed by atoms with E-state index in [9.17, 15) is 24.9 Å². The van der Waals surface area contributed by atoms with E-state index in [1.807, 2.05) is 12.1 Å². The number of methoxy groups -OCH3 is 2. The fourth-order valence-electron chi connectivity index (χ4n) is 8.89. The molecule has 7 atom stereocenters. The quantitative estimate of drug-likeness (QED) is 0.354. The number of ketones is 1. The molecule has 0 aliphatic heterocycles. The summed E-state index contributed by atoms with van der Waals surface area (Å²) in [5, 5.41) is 35.5. The number of hydrogen-bond donors (Lipinski definition) is 4. The maximum Gasteiger partial charge on any atom is 0.228 e. The topological polar surface area (TPSA) is 125 Å². The Bertz CT molecular complexity index is 1250. The lowest BCUT2D eigenvalue weighted by Gasteiger charge is -2.59. The minimum atomic E-state index is -2.38. The van der Waals surface area contributed by atoms with Crippen LogP contribution in [-0.4, -0.2) is 52.6 Å². The van der Waals surface area contributed by atoms with Crippen molar-refractivity contribution in [3.63, 3.8) is 0 Å². The molecule has 6 rings (SSSR count). The first-order chi connectivity index (χ1) is 17.4. The van der Waals surface area contributed by atoms with Crippen LogP contribution in [0.4, 0.5) is 0 Å². The van der Waals surface area contributed by atoms with Gasteiger partial charge in [0, 0.05) is 35.4 Å². The number of rotatable bonds is 5. The molecule has 0 saturated heterocycles. The molecule has 4 fully saturated rings. The van der Waals surface area contributed by atoms with Gasteiger partial charge < -0.3 is 30.1 Å². The van der Waals surface area contributed by atoms with Gasteiger partial charge in [-0.3, -0.25) is 9.59 Å². The van der Waals surface area contributed by atoms with Crippen molar-refractivity contribution in [3.8, 4) is 11.5 Å². The number of amides is 1. The number of carbonyl (C=O) groups is 2. The van der Waals surface area contributed by atoms with Crippen molar-refractivity contribution in [1.29, 1.82) is 0 Å². The Balaban J connectivity index is 1.39. The van der Waals surface area contributed by atoms with Gasteiger partial charge in [-0.15, -0.1) is 0 Å². The van der Waals surface area contributed by atoms with Gasteiger partial charge in [0.1, 0.15) is 11.5 Å². The molecule has 1 spiro atoms. The zero-order valence-corrected chi connectivity index (χ0v) is 21.5. The number of aliphatic hydroxyl groups is 3. The molecule has 8 heteroatoms. The van der Waals surface area contributed by atoms with E-state index in [1.165, 1.54) is 0 Å². The number of carbonyl (C=O) groups excluding carboxylic acids is 2. The van der Waals surface area contributed by atoms with E-state index in [0.29, 0.717) is 43.6 Å². The first kappa shape index (κ1) is 24.6. The van der Waals surface area contributed by atoms with Crippen molar-refractivity contribution in [2.45, 2.75) is 57.0 Å². The molecule has 5 aliphatic rings. The maximum atomic E-state index is 14.2. The van der Waals surface area contributed by atoms with Gasteiger partial charge in [0.2, 0.25) is 11.7 Å². The van der Waals surface area contributed by atoms with Crippen molar-refractivity contribution in [2.24, 2.45) is 34.5 Å². The van der Waals surface area contributed by atoms with Crippen molar-refractivity contribution in [2.75, 3.05) is 14.2 Å². The molecule has 2 bridgehead atoms. The van der Waals surface area contributed by atoms with Crippen LogP contribution in [0.5, 0.6) is 11.5 Å². The first-order valence-corrected chi connectivity index (χ1v) is 13.0. The summed E-state index contributed by atoms with van der Waals surface area (Å²) in [5.74, 6) is -3.64. The average molecular weight is 510 g/mol. The van der Waals surface area contributed by atoms with Gasteiger partial charge in [-0.2, -0.15) is 0 Å². The number of allylic oxidation sites excluding steroid dienone is 2. The van der Waals surface area contributed by atoms with Crippen molar-refractivity contribution < 1.29 is 34.4 Å². The second-order valence-corrected chi connectivity index (χ2v) is 12.0. The minimum Gasteiger partial charge on any atom is -0.497 e. The van der Waals surface area contributed by atoms with Crippen molar-refractivity contribution in [3.05, 3.63) is 47.6 Å². The minimum absolute atomic E-state index is 0.0428. The molecule has 2 unspecified atom stereocenters. The summed E-state index contributed by atoms with van der Waals surface area (Å²) in [5.41, 5.74) is -0.0140. The molecule has 5 aliphatic carbocycles. The molecular weight excluding hydrogens is 474 g/mol. The molecule has 8 nitrogen and oxygen atoms in total. The fourth-order valence-corrected chi connectivity index (χ4v) is 8.89. The monoisotopic (exact) mass is 509 g/mol. The Labute approximate surface area is 216 Å². The highest BCUT2D eigenvalue weighted by atomic mass is 16.5. The SMILES string of the molecule is C=C1C[C@]23C[C@@]1(O)CCC2C1=CC[C@@H]2C(O)(O)C(=O)[C@@]2(C)C1[C@@H]3C(=O)NCc1ccc(OC)cc1OC. The number of ether oxygens (including phenoxy) is 2. The Morgan fingerprint density at radius 2 is 1.97 bits per heavy atom. The van der Waals surface area contributed by atoms with Gasteiger partial charge >= 0.3 is 0 Å². The second kappa shape index (κ2) is 7.68. The number of hydrogen-bond acceptors (Lipinski definition) is 7. The summed E-state index contributed by atoms with van der Waals surface area (Å²) in [6.07, 6.45) is 4.67. The van der Waals surface area contributed by atoms with E-state index in [-0.39, 0.29) is 18.4 Å². The maximum absolute atomic E-state index is 14.2. The normalized spacial score (nSPS) is 40.6. The largest absolute Gasteiger partial charge is 0.497 e. The molecule has 0 aromatic heterocycles.